The van der Waals surface area contributed by atoms with Crippen LogP contribution < -0.4 is 10.1 Å². The second-order valence-corrected chi connectivity index (χ2v) is 7.31. The van der Waals surface area contributed by atoms with Gasteiger partial charge in [-0.05, 0) is 55.3 Å². The molecular formula is C21H19F2N3O3S. The molecular weight excluding hydrogens is 412 g/mol. The molecule has 2 amide bonds. The summed E-state index contributed by atoms with van der Waals surface area (Å²) in [7, 11) is 0. The van der Waals surface area contributed by atoms with Crippen LogP contribution in [-0.2, 0) is 4.79 Å². The minimum Gasteiger partial charge on any atom is -0.435 e. The fraction of sp³-hybridized carbons (Fsp3) is 0.190. The Morgan fingerprint density at radius 2 is 1.90 bits per heavy atom. The molecule has 1 aromatic heterocycles. The van der Waals surface area contributed by atoms with Gasteiger partial charge in [-0.15, -0.1) is 0 Å². The molecule has 0 bridgehead atoms. The highest BCUT2D eigenvalue weighted by Gasteiger charge is 2.14. The molecule has 1 heterocycles. The number of rotatable bonds is 7. The Morgan fingerprint density at radius 1 is 1.17 bits per heavy atom. The van der Waals surface area contributed by atoms with E-state index in [-0.39, 0.29) is 17.1 Å². The Hall–Kier alpha value is -3.20. The Kier molecular flexibility index (Phi) is 6.83. The molecule has 9 heteroatoms. The van der Waals surface area contributed by atoms with Crippen LogP contribution in [0.1, 0.15) is 21.5 Å². The van der Waals surface area contributed by atoms with Gasteiger partial charge in [0.15, 0.2) is 5.16 Å². The van der Waals surface area contributed by atoms with Crippen molar-refractivity contribution in [2.75, 3.05) is 5.75 Å². The summed E-state index contributed by atoms with van der Waals surface area (Å²) >= 11 is 1.20. The van der Waals surface area contributed by atoms with E-state index in [1.165, 1.54) is 36.0 Å². The Labute approximate surface area is 176 Å². The van der Waals surface area contributed by atoms with Gasteiger partial charge < -0.3 is 4.74 Å². The van der Waals surface area contributed by atoms with Gasteiger partial charge in [0.2, 0.25) is 5.91 Å². The van der Waals surface area contributed by atoms with Gasteiger partial charge in [-0.2, -0.15) is 8.78 Å². The van der Waals surface area contributed by atoms with Crippen LogP contribution in [0.2, 0.25) is 0 Å². The van der Waals surface area contributed by atoms with E-state index in [1.54, 1.807) is 6.20 Å². The topological polar surface area (TPSA) is 73.2 Å². The summed E-state index contributed by atoms with van der Waals surface area (Å²) in [4.78, 5) is 28.7. The van der Waals surface area contributed by atoms with Crippen LogP contribution in [0, 0.1) is 13.8 Å². The molecule has 156 valence electrons. The number of hydrogen-bond donors (Lipinski definition) is 1. The van der Waals surface area contributed by atoms with E-state index in [9.17, 15) is 18.4 Å². The van der Waals surface area contributed by atoms with Gasteiger partial charge >= 0.3 is 6.61 Å². The van der Waals surface area contributed by atoms with Crippen molar-refractivity contribution < 1.29 is 23.1 Å². The molecule has 0 spiro atoms. The molecule has 1 N–H and O–H groups in total. The van der Waals surface area contributed by atoms with E-state index >= 15 is 0 Å². The Balaban J connectivity index is 1.60. The predicted molar refractivity (Wildman–Crippen MR) is 109 cm³/mol. The van der Waals surface area contributed by atoms with Crippen molar-refractivity contribution in [3.8, 4) is 11.4 Å². The van der Waals surface area contributed by atoms with Gasteiger partial charge in [-0.1, -0.05) is 23.9 Å². The van der Waals surface area contributed by atoms with E-state index < -0.39 is 18.4 Å². The minimum absolute atomic E-state index is 0.0137. The Bertz CT molecular complexity index is 1050. The van der Waals surface area contributed by atoms with Crippen LogP contribution in [-0.4, -0.2) is 33.7 Å². The highest BCUT2D eigenvalue weighted by Crippen LogP contribution is 2.24. The summed E-state index contributed by atoms with van der Waals surface area (Å²) in [6.07, 6.45) is 3.46. The summed E-state index contributed by atoms with van der Waals surface area (Å²) in [5.41, 5.74) is 3.38. The van der Waals surface area contributed by atoms with Crippen LogP contribution in [0.15, 0.2) is 60.0 Å². The first kappa shape index (κ1) is 21.5. The molecule has 2 aromatic carbocycles. The number of nitrogens with zero attached hydrogens (tertiary/aromatic N) is 2. The van der Waals surface area contributed by atoms with Crippen molar-refractivity contribution in [1.29, 1.82) is 0 Å². The number of halogens is 2. The number of alkyl halides is 2. The molecule has 6 nitrogen and oxygen atoms in total. The zero-order chi connectivity index (χ0) is 21.7. The van der Waals surface area contributed by atoms with Crippen LogP contribution >= 0.6 is 11.8 Å². The lowest BCUT2D eigenvalue weighted by Gasteiger charge is -2.12. The standard InChI is InChI=1S/C21H19F2N3O3S/c1-13-4-3-5-17(14(13)2)26-11-10-24-21(26)30-12-18(27)25-19(28)15-6-8-16(9-7-15)29-20(22)23/h3-11,20H,12H2,1-2H3,(H,25,27,28). The lowest BCUT2D eigenvalue weighted by atomic mass is 10.1. The normalized spacial score (nSPS) is 10.8. The predicted octanol–water partition coefficient (Wildman–Crippen LogP) is 4.14. The summed E-state index contributed by atoms with van der Waals surface area (Å²) in [6, 6.07) is 11.0. The van der Waals surface area contributed by atoms with E-state index in [4.69, 9.17) is 0 Å². The molecule has 0 unspecified atom stereocenters. The third-order valence-corrected chi connectivity index (χ3v) is 5.34. The van der Waals surface area contributed by atoms with Crippen molar-refractivity contribution in [1.82, 2.24) is 14.9 Å². The smallest absolute Gasteiger partial charge is 0.387 e. The van der Waals surface area contributed by atoms with Crippen LogP contribution in [0.3, 0.4) is 0 Å². The quantitative estimate of drug-likeness (QED) is 0.569. The molecule has 0 aliphatic carbocycles. The van der Waals surface area contributed by atoms with Gasteiger partial charge in [0.25, 0.3) is 5.91 Å². The third kappa shape index (κ3) is 5.24. The molecule has 3 aromatic rings. The maximum atomic E-state index is 12.2. The lowest BCUT2D eigenvalue weighted by molar-refractivity contribution is -0.117. The number of carbonyl (C=O) groups is 2. The van der Waals surface area contributed by atoms with Crippen molar-refractivity contribution in [3.63, 3.8) is 0 Å². The fourth-order valence-corrected chi connectivity index (χ4v) is 3.50. The Morgan fingerprint density at radius 3 is 2.60 bits per heavy atom. The van der Waals surface area contributed by atoms with E-state index in [1.807, 2.05) is 42.8 Å². The third-order valence-electron chi connectivity index (χ3n) is 4.37. The number of ether oxygens (including phenoxy) is 1. The number of hydrogen-bond acceptors (Lipinski definition) is 5. The van der Waals surface area contributed by atoms with Crippen molar-refractivity contribution in [2.45, 2.75) is 25.6 Å². The minimum atomic E-state index is -2.94. The van der Waals surface area contributed by atoms with Gasteiger partial charge in [0.1, 0.15) is 5.75 Å². The van der Waals surface area contributed by atoms with Crippen LogP contribution in [0.5, 0.6) is 5.75 Å². The molecule has 0 aliphatic heterocycles. The average Bonchev–Trinajstić information content (AvgIpc) is 3.17. The number of imidazole rings is 1. The second kappa shape index (κ2) is 9.53. The van der Waals surface area contributed by atoms with E-state index in [0.29, 0.717) is 5.16 Å². The average molecular weight is 431 g/mol. The van der Waals surface area contributed by atoms with Crippen LogP contribution in [0.25, 0.3) is 5.69 Å². The maximum Gasteiger partial charge on any atom is 0.387 e. The lowest BCUT2D eigenvalue weighted by Crippen LogP contribution is -2.31. The highest BCUT2D eigenvalue weighted by molar-refractivity contribution is 7.99. The number of nitrogens with one attached hydrogen (secondary N) is 1. The fourth-order valence-electron chi connectivity index (χ4n) is 2.73. The molecule has 0 radical (unpaired) electrons. The maximum absolute atomic E-state index is 12.2. The van der Waals surface area contributed by atoms with E-state index in [0.717, 1.165) is 16.8 Å². The van der Waals surface area contributed by atoms with Gasteiger partial charge in [0.05, 0.1) is 11.4 Å². The van der Waals surface area contributed by atoms with Crippen LogP contribution in [0.4, 0.5) is 8.78 Å². The van der Waals surface area contributed by atoms with Gasteiger partial charge in [0, 0.05) is 18.0 Å². The number of carbonyl (C=O) groups excluding carboxylic acids is 2. The van der Waals surface area contributed by atoms with Crippen molar-refractivity contribution in [2.24, 2.45) is 0 Å². The van der Waals surface area contributed by atoms with Crippen molar-refractivity contribution >= 4 is 23.6 Å². The largest absolute Gasteiger partial charge is 0.435 e. The second-order valence-electron chi connectivity index (χ2n) is 6.37. The number of aryl methyl sites for hydroxylation is 1. The molecule has 0 saturated carbocycles. The molecule has 0 aliphatic rings. The number of aromatic nitrogens is 2. The van der Waals surface area contributed by atoms with Gasteiger partial charge in [-0.25, -0.2) is 4.98 Å². The highest BCUT2D eigenvalue weighted by atomic mass is 32.2. The number of imide groups is 1. The monoisotopic (exact) mass is 431 g/mol. The van der Waals surface area contributed by atoms with E-state index in [2.05, 4.69) is 15.0 Å². The zero-order valence-electron chi connectivity index (χ0n) is 16.3. The molecule has 0 saturated heterocycles. The zero-order valence-corrected chi connectivity index (χ0v) is 17.1. The summed E-state index contributed by atoms with van der Waals surface area (Å²) < 4.78 is 30.5. The summed E-state index contributed by atoms with van der Waals surface area (Å²) in [5, 5.41) is 2.90. The number of benzene rings is 2. The first-order valence-electron chi connectivity index (χ1n) is 8.97. The number of thioether (sulfide) groups is 1. The van der Waals surface area contributed by atoms with Crippen molar-refractivity contribution in [3.05, 3.63) is 71.5 Å². The first-order chi connectivity index (χ1) is 14.3. The van der Waals surface area contributed by atoms with Gasteiger partial charge in [-0.3, -0.25) is 19.5 Å². The first-order valence-corrected chi connectivity index (χ1v) is 9.95. The number of amides is 2. The molecule has 30 heavy (non-hydrogen) atoms. The molecule has 0 fully saturated rings. The summed E-state index contributed by atoms with van der Waals surface area (Å²) in [6.45, 7) is 1.09. The molecule has 0 atom stereocenters. The summed E-state index contributed by atoms with van der Waals surface area (Å²) in [5.74, 6) is -1.20. The SMILES string of the molecule is Cc1cccc(-n2ccnc2SCC(=O)NC(=O)c2ccc(OC(F)F)cc2)c1C. The molecule has 3 rings (SSSR count).